The van der Waals surface area contributed by atoms with E-state index in [1.54, 1.807) is 0 Å². The van der Waals surface area contributed by atoms with Crippen molar-refractivity contribution in [1.82, 2.24) is 5.32 Å². The second kappa shape index (κ2) is 8.52. The van der Waals surface area contributed by atoms with Gasteiger partial charge in [-0.1, -0.05) is 20.8 Å². The molecule has 2 atom stereocenters. The Balaban J connectivity index is 3.32. The zero-order valence-electron chi connectivity index (χ0n) is 9.60. The number of nitrogens with one attached hydrogen (secondary N) is 1. The summed E-state index contributed by atoms with van der Waals surface area (Å²) >= 11 is 0. The zero-order chi connectivity index (χ0) is 10.1. The summed E-state index contributed by atoms with van der Waals surface area (Å²) in [4.78, 5) is 0. The van der Waals surface area contributed by atoms with Crippen LogP contribution in [0.25, 0.3) is 0 Å². The van der Waals surface area contributed by atoms with Gasteiger partial charge in [-0.3, -0.25) is 0 Å². The summed E-state index contributed by atoms with van der Waals surface area (Å²) in [5, 5.41) is 3.43. The van der Waals surface area contributed by atoms with E-state index in [1.165, 1.54) is 0 Å². The highest BCUT2D eigenvalue weighted by atomic mass is 16.5. The molecule has 0 aromatic rings. The van der Waals surface area contributed by atoms with E-state index < -0.39 is 0 Å². The van der Waals surface area contributed by atoms with Gasteiger partial charge in [0.05, 0.1) is 0 Å². The van der Waals surface area contributed by atoms with Gasteiger partial charge in [-0.15, -0.1) is 0 Å². The predicted octanol–water partition coefficient (Wildman–Crippen LogP) is 2.44. The molecule has 1 N–H and O–H groups in total. The second-order valence-electron chi connectivity index (χ2n) is 3.72. The Labute approximate surface area is 83.1 Å². The van der Waals surface area contributed by atoms with Gasteiger partial charge in [-0.05, 0) is 32.2 Å². The molecule has 2 heteroatoms. The molecule has 0 fully saturated rings. The Bertz CT molecular complexity index is 106. The Morgan fingerprint density at radius 1 is 1.15 bits per heavy atom. The summed E-state index contributed by atoms with van der Waals surface area (Å²) in [6.45, 7) is 11.7. The number of hydrogen-bond donors (Lipinski definition) is 1. The highest BCUT2D eigenvalue weighted by molar-refractivity contribution is 4.67. The molecule has 0 aromatic carbocycles. The van der Waals surface area contributed by atoms with Crippen molar-refractivity contribution in [3.63, 3.8) is 0 Å². The fourth-order valence-electron chi connectivity index (χ4n) is 1.29. The van der Waals surface area contributed by atoms with Crippen LogP contribution in [0.2, 0.25) is 0 Å². The largest absolute Gasteiger partial charge is 0.381 e. The molecule has 0 heterocycles. The number of hydrogen-bond acceptors (Lipinski definition) is 2. The van der Waals surface area contributed by atoms with Crippen LogP contribution in [0, 0.1) is 5.92 Å². The molecule has 0 saturated carbocycles. The average Bonchev–Trinajstić information content (AvgIpc) is 2.12. The first-order valence-electron chi connectivity index (χ1n) is 5.53. The fraction of sp³-hybridized carbons (Fsp3) is 1.00. The minimum Gasteiger partial charge on any atom is -0.381 e. The number of ether oxygens (including phenoxy) is 1. The second-order valence-corrected chi connectivity index (χ2v) is 3.72. The third kappa shape index (κ3) is 7.03. The van der Waals surface area contributed by atoms with Crippen LogP contribution in [-0.4, -0.2) is 25.8 Å². The molecule has 0 amide bonds. The highest BCUT2D eigenvalue weighted by Crippen LogP contribution is 2.07. The summed E-state index contributed by atoms with van der Waals surface area (Å²) in [5.41, 5.74) is 0. The van der Waals surface area contributed by atoms with Gasteiger partial charge in [-0.25, -0.2) is 0 Å². The van der Waals surface area contributed by atoms with Crippen LogP contribution in [0.5, 0.6) is 0 Å². The zero-order valence-corrected chi connectivity index (χ0v) is 9.60. The summed E-state index contributed by atoms with van der Waals surface area (Å²) in [6, 6.07) is 0.607. The lowest BCUT2D eigenvalue weighted by Gasteiger charge is -2.20. The molecule has 0 saturated heterocycles. The third-order valence-corrected chi connectivity index (χ3v) is 2.45. The van der Waals surface area contributed by atoms with Gasteiger partial charge in [0.15, 0.2) is 0 Å². The van der Waals surface area contributed by atoms with Crippen molar-refractivity contribution in [2.24, 2.45) is 5.92 Å². The van der Waals surface area contributed by atoms with E-state index in [2.05, 4.69) is 33.0 Å². The van der Waals surface area contributed by atoms with Crippen molar-refractivity contribution in [3.05, 3.63) is 0 Å². The van der Waals surface area contributed by atoms with Gasteiger partial charge in [0.1, 0.15) is 0 Å². The third-order valence-electron chi connectivity index (χ3n) is 2.45. The average molecular weight is 187 g/mol. The molecule has 0 aliphatic heterocycles. The van der Waals surface area contributed by atoms with Crippen LogP contribution in [0.15, 0.2) is 0 Å². The summed E-state index contributed by atoms with van der Waals surface area (Å²) in [6.07, 6.45) is 2.28. The van der Waals surface area contributed by atoms with Crippen molar-refractivity contribution in [2.75, 3.05) is 19.8 Å². The van der Waals surface area contributed by atoms with Crippen LogP contribution in [-0.2, 0) is 4.74 Å². The van der Waals surface area contributed by atoms with Crippen LogP contribution < -0.4 is 5.32 Å². The van der Waals surface area contributed by atoms with Crippen LogP contribution in [0.1, 0.15) is 40.5 Å². The van der Waals surface area contributed by atoms with Gasteiger partial charge >= 0.3 is 0 Å². The molecule has 0 aromatic heterocycles. The van der Waals surface area contributed by atoms with E-state index >= 15 is 0 Å². The first-order chi connectivity index (χ1) is 6.22. The Morgan fingerprint density at radius 2 is 1.85 bits per heavy atom. The molecule has 0 bridgehead atoms. The van der Waals surface area contributed by atoms with E-state index in [9.17, 15) is 0 Å². The molecule has 2 nitrogen and oxygen atoms in total. The normalized spacial score (nSPS) is 15.7. The summed E-state index contributed by atoms with van der Waals surface area (Å²) < 4.78 is 5.45. The lowest BCUT2D eigenvalue weighted by atomic mass is 10.0. The minimum absolute atomic E-state index is 0.607. The monoisotopic (exact) mass is 187 g/mol. The maximum atomic E-state index is 5.45. The summed E-state index contributed by atoms with van der Waals surface area (Å²) in [5.74, 6) is 0.705. The Kier molecular flexibility index (Phi) is 8.46. The summed E-state index contributed by atoms with van der Waals surface area (Å²) in [7, 11) is 0. The van der Waals surface area contributed by atoms with Crippen molar-refractivity contribution in [2.45, 2.75) is 46.6 Å². The first-order valence-corrected chi connectivity index (χ1v) is 5.53. The maximum absolute atomic E-state index is 5.45. The van der Waals surface area contributed by atoms with Crippen LogP contribution in [0.3, 0.4) is 0 Å². The van der Waals surface area contributed by atoms with Gasteiger partial charge in [0.2, 0.25) is 0 Å². The molecule has 0 aliphatic rings. The molecule has 2 unspecified atom stereocenters. The lowest BCUT2D eigenvalue weighted by Crippen LogP contribution is -2.32. The smallest absolute Gasteiger partial charge is 0.0469 e. The standard InChI is InChI=1S/C11H25NO/c1-5-8-13-9-7-10(3)11(4)12-6-2/h10-12H,5-9H2,1-4H3. The van der Waals surface area contributed by atoms with E-state index in [4.69, 9.17) is 4.74 Å². The molecular formula is C11H25NO. The van der Waals surface area contributed by atoms with Crippen molar-refractivity contribution in [1.29, 1.82) is 0 Å². The highest BCUT2D eigenvalue weighted by Gasteiger charge is 2.09. The van der Waals surface area contributed by atoms with Crippen LogP contribution >= 0.6 is 0 Å². The van der Waals surface area contributed by atoms with Crippen LogP contribution in [0.4, 0.5) is 0 Å². The van der Waals surface area contributed by atoms with E-state index in [0.717, 1.165) is 32.6 Å². The van der Waals surface area contributed by atoms with Gasteiger partial charge < -0.3 is 10.1 Å². The predicted molar refractivity (Wildman–Crippen MR) is 58.0 cm³/mol. The van der Waals surface area contributed by atoms with E-state index in [0.29, 0.717) is 12.0 Å². The minimum atomic E-state index is 0.607. The molecule has 0 spiro atoms. The molecule has 0 radical (unpaired) electrons. The van der Waals surface area contributed by atoms with Crippen molar-refractivity contribution < 1.29 is 4.74 Å². The topological polar surface area (TPSA) is 21.3 Å². The quantitative estimate of drug-likeness (QED) is 0.589. The molecule has 0 rings (SSSR count). The fourth-order valence-corrected chi connectivity index (χ4v) is 1.29. The van der Waals surface area contributed by atoms with Gasteiger partial charge in [0, 0.05) is 19.3 Å². The van der Waals surface area contributed by atoms with E-state index in [1.807, 2.05) is 0 Å². The van der Waals surface area contributed by atoms with Crippen molar-refractivity contribution in [3.8, 4) is 0 Å². The SMILES string of the molecule is CCCOCCC(C)C(C)NCC. The molecule has 13 heavy (non-hydrogen) atoms. The lowest BCUT2D eigenvalue weighted by molar-refractivity contribution is 0.118. The first kappa shape index (κ1) is 12.9. The maximum Gasteiger partial charge on any atom is 0.0469 e. The molecule has 80 valence electrons. The Hall–Kier alpha value is -0.0800. The molecular weight excluding hydrogens is 162 g/mol. The van der Waals surface area contributed by atoms with Gasteiger partial charge in [0.25, 0.3) is 0 Å². The Morgan fingerprint density at radius 3 is 2.38 bits per heavy atom. The van der Waals surface area contributed by atoms with Gasteiger partial charge in [-0.2, -0.15) is 0 Å². The number of rotatable bonds is 8. The molecule has 0 aliphatic carbocycles. The van der Waals surface area contributed by atoms with Crippen molar-refractivity contribution >= 4 is 0 Å². The van der Waals surface area contributed by atoms with E-state index in [-0.39, 0.29) is 0 Å².